The second-order valence-electron chi connectivity index (χ2n) is 4.92. The summed E-state index contributed by atoms with van der Waals surface area (Å²) >= 11 is 3.34. The van der Waals surface area contributed by atoms with Crippen LogP contribution < -0.4 is 4.74 Å². The van der Waals surface area contributed by atoms with Crippen LogP contribution in [0, 0.1) is 11.5 Å². The van der Waals surface area contributed by atoms with Crippen LogP contribution in [0.25, 0.3) is 0 Å². The number of fused-ring (bicyclic) bond motifs is 1. The van der Waals surface area contributed by atoms with Gasteiger partial charge in [-0.25, -0.2) is 4.39 Å². The Hall–Kier alpha value is -1.45. The van der Waals surface area contributed by atoms with Gasteiger partial charge in [-0.05, 0) is 31.0 Å². The average Bonchev–Trinajstić information content (AvgIpc) is 2.46. The first-order valence-corrected chi connectivity index (χ1v) is 7.13. The van der Waals surface area contributed by atoms with E-state index in [1.165, 1.54) is 0 Å². The van der Waals surface area contributed by atoms with Crippen LogP contribution in [-0.2, 0) is 4.74 Å². The molecule has 0 saturated carbocycles. The molecule has 1 aromatic rings. The zero-order valence-corrected chi connectivity index (χ0v) is 12.2. The molecule has 3 rings (SSSR count). The summed E-state index contributed by atoms with van der Waals surface area (Å²) < 4.78 is 26.9. The molecule has 2 unspecified atom stereocenters. The Balaban J connectivity index is 2.12. The van der Waals surface area contributed by atoms with Crippen LogP contribution in [0.1, 0.15) is 18.4 Å². The second-order valence-corrected chi connectivity index (χ2v) is 5.84. The van der Waals surface area contributed by atoms with E-state index in [1.54, 1.807) is 18.3 Å². The lowest BCUT2D eigenvalue weighted by Crippen LogP contribution is -2.57. The Morgan fingerprint density at radius 2 is 2.35 bits per heavy atom. The second kappa shape index (κ2) is 5.15. The van der Waals surface area contributed by atoms with Crippen molar-refractivity contribution in [1.29, 1.82) is 5.26 Å². The molecule has 0 amide bonds. The van der Waals surface area contributed by atoms with Gasteiger partial charge in [-0.3, -0.25) is 0 Å². The van der Waals surface area contributed by atoms with Gasteiger partial charge >= 0.3 is 0 Å². The van der Waals surface area contributed by atoms with Gasteiger partial charge in [0.25, 0.3) is 0 Å². The molecule has 2 atom stereocenters. The molecule has 0 aromatic heterocycles. The van der Waals surface area contributed by atoms with Crippen molar-refractivity contribution in [3.8, 4) is 11.9 Å². The standard InChI is InChI=1S/C14H12BrFN2O2/c15-9-2-3-11-10(6-9)12(18-8-17)13(16)14(20-11)4-1-5-19-7-14/h2-3,6,13H,1,4-5,7H2. The van der Waals surface area contributed by atoms with E-state index < -0.39 is 11.8 Å². The van der Waals surface area contributed by atoms with E-state index in [-0.39, 0.29) is 12.3 Å². The fourth-order valence-electron chi connectivity index (χ4n) is 2.69. The van der Waals surface area contributed by atoms with Crippen molar-refractivity contribution in [2.24, 2.45) is 4.99 Å². The Labute approximate surface area is 124 Å². The molecule has 2 aliphatic heterocycles. The van der Waals surface area contributed by atoms with E-state index in [2.05, 4.69) is 20.9 Å². The van der Waals surface area contributed by atoms with Crippen molar-refractivity contribution in [3.63, 3.8) is 0 Å². The lowest BCUT2D eigenvalue weighted by Gasteiger charge is -2.43. The van der Waals surface area contributed by atoms with E-state index in [0.29, 0.717) is 24.3 Å². The molecule has 6 heteroatoms. The van der Waals surface area contributed by atoms with Crippen LogP contribution in [0.3, 0.4) is 0 Å². The number of nitrogens with zero attached hydrogens (tertiary/aromatic N) is 2. The lowest BCUT2D eigenvalue weighted by atomic mass is 9.83. The number of rotatable bonds is 0. The zero-order valence-electron chi connectivity index (χ0n) is 10.6. The summed E-state index contributed by atoms with van der Waals surface area (Å²) in [4.78, 5) is 3.69. The van der Waals surface area contributed by atoms with Crippen molar-refractivity contribution >= 4 is 21.6 Å². The molecule has 1 saturated heterocycles. The normalized spacial score (nSPS) is 30.6. The molecule has 0 radical (unpaired) electrons. The molecule has 2 heterocycles. The highest BCUT2D eigenvalue weighted by molar-refractivity contribution is 9.10. The van der Waals surface area contributed by atoms with Crippen molar-refractivity contribution in [2.45, 2.75) is 24.6 Å². The Morgan fingerprint density at radius 3 is 3.05 bits per heavy atom. The molecule has 0 N–H and O–H groups in total. The topological polar surface area (TPSA) is 54.6 Å². The third kappa shape index (κ3) is 2.11. The molecule has 0 aliphatic carbocycles. The van der Waals surface area contributed by atoms with E-state index >= 15 is 0 Å². The van der Waals surface area contributed by atoms with Gasteiger partial charge < -0.3 is 9.47 Å². The SMILES string of the molecule is N#CN=C1c2cc(Br)ccc2OC2(CCCOC2)C1F. The summed E-state index contributed by atoms with van der Waals surface area (Å²) in [7, 11) is 0. The molecule has 0 bridgehead atoms. The minimum atomic E-state index is -1.47. The zero-order chi connectivity index (χ0) is 14.2. The van der Waals surface area contributed by atoms with Gasteiger partial charge in [0, 0.05) is 16.6 Å². The van der Waals surface area contributed by atoms with Gasteiger partial charge in [0.2, 0.25) is 6.19 Å². The average molecular weight is 339 g/mol. The number of aliphatic imine (C=N–C) groups is 1. The third-order valence-corrected chi connectivity index (χ3v) is 4.13. The minimum Gasteiger partial charge on any atom is -0.481 e. The largest absolute Gasteiger partial charge is 0.481 e. The van der Waals surface area contributed by atoms with Crippen LogP contribution in [0.4, 0.5) is 4.39 Å². The molecular formula is C14H12BrFN2O2. The smallest absolute Gasteiger partial charge is 0.206 e. The van der Waals surface area contributed by atoms with Crippen LogP contribution in [-0.4, -0.2) is 30.7 Å². The number of hydrogen-bond acceptors (Lipinski definition) is 4. The highest BCUT2D eigenvalue weighted by Gasteiger charge is 2.50. The number of alkyl halides is 1. The Bertz CT molecular complexity index is 606. The van der Waals surface area contributed by atoms with E-state index in [0.717, 1.165) is 10.9 Å². The predicted octanol–water partition coefficient (Wildman–Crippen LogP) is 3.00. The summed E-state index contributed by atoms with van der Waals surface area (Å²) in [6.07, 6.45) is 1.50. The fourth-order valence-corrected chi connectivity index (χ4v) is 3.05. The van der Waals surface area contributed by atoms with Crippen molar-refractivity contribution in [3.05, 3.63) is 28.2 Å². The maximum atomic E-state index is 14.9. The van der Waals surface area contributed by atoms with Gasteiger partial charge in [-0.1, -0.05) is 15.9 Å². The number of halogens is 2. The van der Waals surface area contributed by atoms with Crippen LogP contribution in [0.5, 0.6) is 5.75 Å². The Kier molecular flexibility index (Phi) is 3.48. The van der Waals surface area contributed by atoms with Crippen LogP contribution in [0.15, 0.2) is 27.7 Å². The summed E-state index contributed by atoms with van der Waals surface area (Å²) in [6.45, 7) is 0.782. The molecule has 2 aliphatic rings. The van der Waals surface area contributed by atoms with Crippen molar-refractivity contribution < 1.29 is 13.9 Å². The summed E-state index contributed by atoms with van der Waals surface area (Å²) in [5.41, 5.74) is -0.417. The first kappa shape index (κ1) is 13.5. The minimum absolute atomic E-state index is 0.126. The monoisotopic (exact) mass is 338 g/mol. The Morgan fingerprint density at radius 1 is 1.50 bits per heavy atom. The van der Waals surface area contributed by atoms with E-state index in [9.17, 15) is 4.39 Å². The van der Waals surface area contributed by atoms with E-state index in [1.807, 2.05) is 6.07 Å². The predicted molar refractivity (Wildman–Crippen MR) is 74.6 cm³/mol. The molecule has 20 heavy (non-hydrogen) atoms. The highest BCUT2D eigenvalue weighted by atomic mass is 79.9. The number of benzene rings is 1. The fraction of sp³-hybridized carbons (Fsp3) is 0.429. The first-order valence-electron chi connectivity index (χ1n) is 6.34. The summed E-state index contributed by atoms with van der Waals surface area (Å²) in [5, 5.41) is 8.83. The quantitative estimate of drug-likeness (QED) is 0.683. The van der Waals surface area contributed by atoms with Gasteiger partial charge in [-0.2, -0.15) is 10.3 Å². The maximum Gasteiger partial charge on any atom is 0.206 e. The molecule has 1 aromatic carbocycles. The van der Waals surface area contributed by atoms with Crippen molar-refractivity contribution in [1.82, 2.24) is 0 Å². The van der Waals surface area contributed by atoms with Gasteiger partial charge in [0.1, 0.15) is 11.5 Å². The molecule has 1 fully saturated rings. The van der Waals surface area contributed by atoms with Gasteiger partial charge in [-0.15, -0.1) is 0 Å². The first-order chi connectivity index (χ1) is 9.66. The van der Waals surface area contributed by atoms with Crippen molar-refractivity contribution in [2.75, 3.05) is 13.2 Å². The van der Waals surface area contributed by atoms with Crippen LogP contribution >= 0.6 is 15.9 Å². The highest BCUT2D eigenvalue weighted by Crippen LogP contribution is 2.40. The van der Waals surface area contributed by atoms with Gasteiger partial charge in [0.15, 0.2) is 11.8 Å². The lowest BCUT2D eigenvalue weighted by molar-refractivity contribution is -0.0964. The van der Waals surface area contributed by atoms with Gasteiger partial charge in [0.05, 0.1) is 6.61 Å². The molecule has 1 spiro atoms. The maximum absolute atomic E-state index is 14.9. The van der Waals surface area contributed by atoms with E-state index in [4.69, 9.17) is 14.7 Å². The number of nitriles is 1. The molecule has 104 valence electrons. The molecular weight excluding hydrogens is 327 g/mol. The van der Waals surface area contributed by atoms with Crippen LogP contribution in [0.2, 0.25) is 0 Å². The summed E-state index contributed by atoms with van der Waals surface area (Å²) in [6, 6.07) is 5.29. The molecule has 4 nitrogen and oxygen atoms in total. The number of ether oxygens (including phenoxy) is 2. The number of hydrogen-bond donors (Lipinski definition) is 0. The summed E-state index contributed by atoms with van der Waals surface area (Å²) in [5.74, 6) is 0.543. The third-order valence-electron chi connectivity index (χ3n) is 3.64.